The summed E-state index contributed by atoms with van der Waals surface area (Å²) < 4.78 is 13.5. The maximum Gasteiger partial charge on any atom is 0.254 e. The molecule has 6 nitrogen and oxygen atoms in total. The highest BCUT2D eigenvalue weighted by atomic mass is 19.1. The van der Waals surface area contributed by atoms with Crippen LogP contribution in [-0.2, 0) is 6.54 Å². The minimum Gasteiger partial charge on any atom is -0.349 e. The highest BCUT2D eigenvalue weighted by Gasteiger charge is 2.41. The Morgan fingerprint density at radius 3 is 2.43 bits per heavy atom. The minimum absolute atomic E-state index is 0.0692. The number of carbonyl (C=O) groups is 2. The Labute approximate surface area is 216 Å². The van der Waals surface area contributed by atoms with Gasteiger partial charge in [0.05, 0.1) is 11.1 Å². The van der Waals surface area contributed by atoms with Crippen LogP contribution in [0.25, 0.3) is 10.8 Å². The lowest BCUT2D eigenvalue weighted by Gasteiger charge is -2.39. The summed E-state index contributed by atoms with van der Waals surface area (Å²) in [4.78, 5) is 35.0. The van der Waals surface area contributed by atoms with Gasteiger partial charge in [0, 0.05) is 50.2 Å². The molecular weight excluding hydrogens is 467 g/mol. The van der Waals surface area contributed by atoms with E-state index >= 15 is 0 Å². The Bertz CT molecular complexity index is 1310. The molecule has 2 aromatic carbocycles. The largest absolute Gasteiger partial charge is 0.349 e. The van der Waals surface area contributed by atoms with Gasteiger partial charge in [-0.15, -0.1) is 0 Å². The topological polar surface area (TPSA) is 65.5 Å². The highest BCUT2D eigenvalue weighted by molar-refractivity contribution is 6.07. The van der Waals surface area contributed by atoms with Crippen molar-refractivity contribution in [3.05, 3.63) is 77.4 Å². The van der Waals surface area contributed by atoms with Crippen molar-refractivity contribution >= 4 is 22.6 Å². The molecule has 0 unspecified atom stereocenters. The van der Waals surface area contributed by atoms with Crippen molar-refractivity contribution in [1.29, 1.82) is 0 Å². The molecule has 3 aliphatic heterocycles. The van der Waals surface area contributed by atoms with Crippen molar-refractivity contribution in [3.63, 3.8) is 0 Å². The number of pyridine rings is 1. The first-order valence-corrected chi connectivity index (χ1v) is 13.5. The molecule has 0 saturated carbocycles. The summed E-state index contributed by atoms with van der Waals surface area (Å²) in [6, 6.07) is 13.8. The van der Waals surface area contributed by atoms with Crippen LogP contribution in [-0.4, -0.2) is 57.8 Å². The number of fused-ring (bicyclic) bond motifs is 3. The van der Waals surface area contributed by atoms with E-state index in [4.69, 9.17) is 0 Å². The maximum atomic E-state index is 13.5. The second-order valence-electron chi connectivity index (χ2n) is 10.8. The van der Waals surface area contributed by atoms with E-state index in [9.17, 15) is 14.0 Å². The molecule has 2 bridgehead atoms. The van der Waals surface area contributed by atoms with Gasteiger partial charge < -0.3 is 10.2 Å². The van der Waals surface area contributed by atoms with Crippen LogP contribution >= 0.6 is 0 Å². The Kier molecular flexibility index (Phi) is 6.63. The summed E-state index contributed by atoms with van der Waals surface area (Å²) in [5, 5.41) is 5.21. The molecule has 0 aliphatic carbocycles. The molecule has 1 N–H and O–H groups in total. The number of likely N-dealkylation sites (tertiary alicyclic amines) is 1. The Balaban J connectivity index is 1.12. The van der Waals surface area contributed by atoms with Gasteiger partial charge >= 0.3 is 0 Å². The predicted molar refractivity (Wildman–Crippen MR) is 141 cm³/mol. The lowest BCUT2D eigenvalue weighted by Crippen LogP contribution is -2.50. The van der Waals surface area contributed by atoms with Gasteiger partial charge in [-0.05, 0) is 85.5 Å². The maximum absolute atomic E-state index is 13.5. The van der Waals surface area contributed by atoms with Crippen molar-refractivity contribution in [2.24, 2.45) is 0 Å². The van der Waals surface area contributed by atoms with Crippen LogP contribution < -0.4 is 5.32 Å². The van der Waals surface area contributed by atoms with Crippen LogP contribution in [0.4, 0.5) is 4.39 Å². The quantitative estimate of drug-likeness (QED) is 0.540. The predicted octanol–water partition coefficient (Wildman–Crippen LogP) is 4.93. The van der Waals surface area contributed by atoms with E-state index in [0.717, 1.165) is 75.4 Å². The van der Waals surface area contributed by atoms with E-state index < -0.39 is 0 Å². The SMILES string of the molecule is O=C(NC1C[C@H]2CC[C@H](C1)N2Cc1ccc2cc(F)ccc2c1)c1cnccc1C(=O)N1CCCCC1. The van der Waals surface area contributed by atoms with Crippen LogP contribution in [0.5, 0.6) is 0 Å². The molecule has 2 amide bonds. The molecule has 1 aromatic heterocycles. The van der Waals surface area contributed by atoms with Gasteiger partial charge in [-0.3, -0.25) is 19.5 Å². The zero-order valence-corrected chi connectivity index (χ0v) is 21.0. The molecule has 3 saturated heterocycles. The van der Waals surface area contributed by atoms with Gasteiger partial charge in [-0.2, -0.15) is 0 Å². The third-order valence-electron chi connectivity index (χ3n) is 8.39. The second-order valence-corrected chi connectivity index (χ2v) is 10.8. The molecule has 3 aromatic rings. The van der Waals surface area contributed by atoms with Gasteiger partial charge in [0.2, 0.25) is 0 Å². The van der Waals surface area contributed by atoms with Crippen LogP contribution in [0.2, 0.25) is 0 Å². The number of carbonyl (C=O) groups excluding carboxylic acids is 2. The van der Waals surface area contributed by atoms with Crippen molar-refractivity contribution in [2.45, 2.75) is 69.6 Å². The number of rotatable bonds is 5. The molecule has 7 heteroatoms. The lowest BCUT2D eigenvalue weighted by molar-refractivity contribution is 0.0713. The third-order valence-corrected chi connectivity index (χ3v) is 8.39. The molecule has 37 heavy (non-hydrogen) atoms. The normalized spacial score (nSPS) is 23.8. The molecule has 0 spiro atoms. The molecule has 3 aliphatic rings. The zero-order valence-electron chi connectivity index (χ0n) is 21.0. The average molecular weight is 501 g/mol. The Hall–Kier alpha value is -3.32. The molecular formula is C30H33FN4O2. The third kappa shape index (κ3) is 4.97. The van der Waals surface area contributed by atoms with Crippen LogP contribution in [0.1, 0.15) is 71.2 Å². The fourth-order valence-electron chi connectivity index (χ4n) is 6.52. The zero-order chi connectivity index (χ0) is 25.4. The molecule has 3 fully saturated rings. The number of nitrogens with zero attached hydrogens (tertiary/aromatic N) is 3. The van der Waals surface area contributed by atoms with Crippen molar-refractivity contribution in [1.82, 2.24) is 20.1 Å². The van der Waals surface area contributed by atoms with Crippen molar-refractivity contribution < 1.29 is 14.0 Å². The summed E-state index contributed by atoms with van der Waals surface area (Å²) in [6.07, 6.45) is 10.3. The highest BCUT2D eigenvalue weighted by Crippen LogP contribution is 2.37. The van der Waals surface area contributed by atoms with Gasteiger partial charge in [-0.1, -0.05) is 18.2 Å². The Morgan fingerprint density at radius 2 is 1.65 bits per heavy atom. The fraction of sp³-hybridized carbons (Fsp3) is 0.433. The molecule has 4 heterocycles. The van der Waals surface area contributed by atoms with E-state index in [1.807, 2.05) is 17.0 Å². The first-order chi connectivity index (χ1) is 18.0. The first-order valence-electron chi connectivity index (χ1n) is 13.5. The van der Waals surface area contributed by atoms with E-state index in [2.05, 4.69) is 27.3 Å². The first kappa shape index (κ1) is 24.0. The number of nitrogens with one attached hydrogen (secondary N) is 1. The van der Waals surface area contributed by atoms with Gasteiger partial charge in [-0.25, -0.2) is 4.39 Å². The van der Waals surface area contributed by atoms with Crippen LogP contribution in [0.15, 0.2) is 54.9 Å². The number of amides is 2. The standard InChI is InChI=1S/C30H33FN4O2/c31-23-7-6-21-14-20(4-5-22(21)15-23)19-35-25-8-9-26(35)17-24(16-25)33-29(36)28-18-32-11-10-27(28)30(37)34-12-2-1-3-13-34/h4-7,10-11,14-15,18,24-26H,1-3,8-9,12-13,16-17,19H2,(H,33,36)/t25-,26-/m1/s1. The molecule has 0 radical (unpaired) electrons. The molecule has 2 atom stereocenters. The second kappa shape index (κ2) is 10.2. The van der Waals surface area contributed by atoms with E-state index in [1.54, 1.807) is 18.3 Å². The van der Waals surface area contributed by atoms with Crippen molar-refractivity contribution in [2.75, 3.05) is 13.1 Å². The van der Waals surface area contributed by atoms with E-state index in [-0.39, 0.29) is 23.7 Å². The van der Waals surface area contributed by atoms with Crippen LogP contribution in [0.3, 0.4) is 0 Å². The smallest absolute Gasteiger partial charge is 0.254 e. The summed E-state index contributed by atoms with van der Waals surface area (Å²) in [7, 11) is 0. The van der Waals surface area contributed by atoms with Crippen molar-refractivity contribution in [3.8, 4) is 0 Å². The molecule has 6 rings (SSSR count). The number of benzene rings is 2. The number of hydrogen-bond donors (Lipinski definition) is 1. The number of halogens is 1. The summed E-state index contributed by atoms with van der Waals surface area (Å²) in [5.41, 5.74) is 2.06. The van der Waals surface area contributed by atoms with Gasteiger partial charge in [0.25, 0.3) is 11.8 Å². The fourth-order valence-corrected chi connectivity index (χ4v) is 6.52. The Morgan fingerprint density at radius 1 is 0.919 bits per heavy atom. The summed E-state index contributed by atoms with van der Waals surface area (Å²) in [5.74, 6) is -0.481. The number of aromatic nitrogens is 1. The minimum atomic E-state index is -0.211. The molecule has 192 valence electrons. The summed E-state index contributed by atoms with van der Waals surface area (Å²) >= 11 is 0. The average Bonchev–Trinajstić information content (AvgIpc) is 3.15. The number of hydrogen-bond acceptors (Lipinski definition) is 4. The number of piperidine rings is 2. The lowest BCUT2D eigenvalue weighted by atomic mass is 9.95. The monoisotopic (exact) mass is 500 g/mol. The van der Waals surface area contributed by atoms with Crippen LogP contribution in [0, 0.1) is 5.82 Å². The summed E-state index contributed by atoms with van der Waals surface area (Å²) in [6.45, 7) is 2.36. The van der Waals surface area contributed by atoms with E-state index in [1.165, 1.54) is 17.8 Å². The van der Waals surface area contributed by atoms with Gasteiger partial charge in [0.15, 0.2) is 0 Å². The van der Waals surface area contributed by atoms with E-state index in [0.29, 0.717) is 23.2 Å². The van der Waals surface area contributed by atoms with Gasteiger partial charge in [0.1, 0.15) is 5.82 Å².